The lowest BCUT2D eigenvalue weighted by atomic mass is 10.1. The van der Waals surface area contributed by atoms with Crippen LogP contribution in [0.5, 0.6) is 11.8 Å². The average Bonchev–Trinajstić information content (AvgIpc) is 2.52. The largest absolute Gasteiger partial charge is 0.418 e. The maximum Gasteiger partial charge on any atom is 0.322 e. The molecule has 3 rings (SSSR count). The molecule has 0 radical (unpaired) electrons. The molecule has 0 fully saturated rings. The number of pyridine rings is 1. The number of benzene rings is 1. The van der Waals surface area contributed by atoms with Crippen molar-refractivity contribution in [1.82, 2.24) is 15.0 Å². The molecular formula is C16H11F2N3O. The summed E-state index contributed by atoms with van der Waals surface area (Å²) in [5.41, 5.74) is 2.46. The van der Waals surface area contributed by atoms with Gasteiger partial charge in [0.05, 0.1) is 0 Å². The second-order valence-corrected chi connectivity index (χ2v) is 4.54. The lowest BCUT2D eigenvalue weighted by Crippen LogP contribution is -1.97. The van der Waals surface area contributed by atoms with Crippen LogP contribution in [-0.4, -0.2) is 15.0 Å². The highest BCUT2D eigenvalue weighted by molar-refractivity contribution is 5.63. The molecule has 1 aromatic carbocycles. The minimum absolute atomic E-state index is 0.130. The summed E-state index contributed by atoms with van der Waals surface area (Å²) in [4.78, 5) is 12.1. The lowest BCUT2D eigenvalue weighted by Gasteiger charge is -2.07. The highest BCUT2D eigenvalue weighted by Gasteiger charge is 2.12. The van der Waals surface area contributed by atoms with Crippen LogP contribution in [-0.2, 0) is 0 Å². The quantitative estimate of drug-likeness (QED) is 0.735. The number of hydrogen-bond donors (Lipinski definition) is 0. The SMILES string of the molecule is Cc1ncccc1-c1cnc(Oc2c(F)cccc2F)nc1. The topological polar surface area (TPSA) is 47.9 Å². The molecular weight excluding hydrogens is 288 g/mol. The molecule has 6 heteroatoms. The smallest absolute Gasteiger partial charge is 0.322 e. The third-order valence-electron chi connectivity index (χ3n) is 3.06. The van der Waals surface area contributed by atoms with E-state index in [1.54, 1.807) is 6.20 Å². The number of para-hydroxylation sites is 1. The van der Waals surface area contributed by atoms with E-state index in [9.17, 15) is 8.78 Å². The van der Waals surface area contributed by atoms with Gasteiger partial charge in [-0.2, -0.15) is 0 Å². The standard InChI is InChI=1S/C16H11F2N3O/c1-10-12(4-3-7-19-10)11-8-20-16(21-9-11)22-15-13(17)5-2-6-14(15)18/h2-9H,1H3. The van der Waals surface area contributed by atoms with Crippen LogP contribution >= 0.6 is 0 Å². The fourth-order valence-corrected chi connectivity index (χ4v) is 1.97. The van der Waals surface area contributed by atoms with Gasteiger partial charge in [-0.05, 0) is 25.1 Å². The van der Waals surface area contributed by atoms with E-state index < -0.39 is 17.4 Å². The minimum atomic E-state index is -0.809. The van der Waals surface area contributed by atoms with E-state index in [2.05, 4.69) is 15.0 Å². The molecule has 0 saturated heterocycles. The van der Waals surface area contributed by atoms with Gasteiger partial charge in [0.1, 0.15) is 0 Å². The van der Waals surface area contributed by atoms with Crippen LogP contribution in [0.3, 0.4) is 0 Å². The highest BCUT2D eigenvalue weighted by Crippen LogP contribution is 2.26. The maximum absolute atomic E-state index is 13.5. The van der Waals surface area contributed by atoms with Crippen molar-refractivity contribution in [3.63, 3.8) is 0 Å². The maximum atomic E-state index is 13.5. The third-order valence-corrected chi connectivity index (χ3v) is 3.06. The van der Waals surface area contributed by atoms with Crippen LogP contribution < -0.4 is 4.74 Å². The molecule has 2 heterocycles. The second kappa shape index (κ2) is 5.85. The first-order valence-corrected chi connectivity index (χ1v) is 6.51. The van der Waals surface area contributed by atoms with Crippen LogP contribution in [0.2, 0.25) is 0 Å². The van der Waals surface area contributed by atoms with Crippen LogP contribution in [0.1, 0.15) is 5.69 Å². The van der Waals surface area contributed by atoms with Crippen molar-refractivity contribution in [2.75, 3.05) is 0 Å². The molecule has 0 aliphatic rings. The van der Waals surface area contributed by atoms with Gasteiger partial charge in [0.2, 0.25) is 5.75 Å². The zero-order valence-corrected chi connectivity index (χ0v) is 11.6. The molecule has 0 atom stereocenters. The van der Waals surface area contributed by atoms with Crippen molar-refractivity contribution in [3.05, 3.63) is 66.3 Å². The summed E-state index contributed by atoms with van der Waals surface area (Å²) >= 11 is 0. The molecule has 0 aliphatic carbocycles. The Hall–Kier alpha value is -2.89. The van der Waals surface area contributed by atoms with E-state index in [-0.39, 0.29) is 6.01 Å². The fourth-order valence-electron chi connectivity index (χ4n) is 1.97. The third kappa shape index (κ3) is 2.76. The first-order valence-electron chi connectivity index (χ1n) is 6.51. The van der Waals surface area contributed by atoms with Gasteiger partial charge in [0.15, 0.2) is 11.6 Å². The Morgan fingerprint density at radius 3 is 2.23 bits per heavy atom. The van der Waals surface area contributed by atoms with E-state index in [0.29, 0.717) is 0 Å². The van der Waals surface area contributed by atoms with Crippen molar-refractivity contribution in [1.29, 1.82) is 0 Å². The van der Waals surface area contributed by atoms with E-state index in [1.165, 1.54) is 18.5 Å². The van der Waals surface area contributed by atoms with E-state index in [1.807, 2.05) is 19.1 Å². The van der Waals surface area contributed by atoms with E-state index >= 15 is 0 Å². The Balaban J connectivity index is 1.88. The van der Waals surface area contributed by atoms with Gasteiger partial charge < -0.3 is 4.74 Å². The normalized spacial score (nSPS) is 10.5. The number of aromatic nitrogens is 3. The van der Waals surface area contributed by atoms with Gasteiger partial charge in [-0.15, -0.1) is 0 Å². The van der Waals surface area contributed by atoms with Crippen molar-refractivity contribution in [2.24, 2.45) is 0 Å². The van der Waals surface area contributed by atoms with Gasteiger partial charge in [-0.1, -0.05) is 12.1 Å². The Morgan fingerprint density at radius 2 is 1.59 bits per heavy atom. The van der Waals surface area contributed by atoms with E-state index in [4.69, 9.17) is 4.74 Å². The molecule has 0 unspecified atom stereocenters. The predicted octanol–water partition coefficient (Wildman–Crippen LogP) is 3.92. The molecule has 0 bridgehead atoms. The number of nitrogens with zero attached hydrogens (tertiary/aromatic N) is 3. The van der Waals surface area contributed by atoms with Crippen LogP contribution in [0, 0.1) is 18.6 Å². The van der Waals surface area contributed by atoms with Crippen molar-refractivity contribution >= 4 is 0 Å². The Kier molecular flexibility index (Phi) is 3.74. The Labute approximate surface area is 125 Å². The zero-order valence-electron chi connectivity index (χ0n) is 11.6. The van der Waals surface area contributed by atoms with Gasteiger partial charge in [-0.3, -0.25) is 4.98 Å². The molecule has 22 heavy (non-hydrogen) atoms. The first-order chi connectivity index (χ1) is 10.6. The monoisotopic (exact) mass is 299 g/mol. The number of rotatable bonds is 3. The summed E-state index contributed by atoms with van der Waals surface area (Å²) in [5.74, 6) is -2.14. The molecule has 0 N–H and O–H groups in total. The molecule has 4 nitrogen and oxygen atoms in total. The molecule has 110 valence electrons. The van der Waals surface area contributed by atoms with Crippen LogP contribution in [0.15, 0.2) is 48.9 Å². The summed E-state index contributed by atoms with van der Waals surface area (Å²) in [6.45, 7) is 1.87. The fraction of sp³-hybridized carbons (Fsp3) is 0.0625. The van der Waals surface area contributed by atoms with Gasteiger partial charge >= 0.3 is 6.01 Å². The van der Waals surface area contributed by atoms with Crippen molar-refractivity contribution < 1.29 is 13.5 Å². The van der Waals surface area contributed by atoms with E-state index in [0.717, 1.165) is 29.0 Å². The molecule has 2 aromatic heterocycles. The number of ether oxygens (including phenoxy) is 1. The molecule has 3 aromatic rings. The summed E-state index contributed by atoms with van der Waals surface area (Å²) < 4.78 is 32.1. The lowest BCUT2D eigenvalue weighted by molar-refractivity contribution is 0.382. The first kappa shape index (κ1) is 14.1. The summed E-state index contributed by atoms with van der Waals surface area (Å²) in [7, 11) is 0. The number of hydrogen-bond acceptors (Lipinski definition) is 4. The van der Waals surface area contributed by atoms with Crippen LogP contribution in [0.4, 0.5) is 8.78 Å². The Bertz CT molecular complexity index is 786. The number of halogens is 2. The minimum Gasteiger partial charge on any atom is -0.418 e. The molecule has 0 amide bonds. The second-order valence-electron chi connectivity index (χ2n) is 4.54. The van der Waals surface area contributed by atoms with Crippen molar-refractivity contribution in [3.8, 4) is 22.9 Å². The zero-order chi connectivity index (χ0) is 15.5. The summed E-state index contributed by atoms with van der Waals surface area (Å²) in [6, 6.07) is 7.03. The average molecular weight is 299 g/mol. The van der Waals surface area contributed by atoms with Crippen LogP contribution in [0.25, 0.3) is 11.1 Å². The predicted molar refractivity (Wildman–Crippen MR) is 76.4 cm³/mol. The molecule has 0 aliphatic heterocycles. The molecule has 0 saturated carbocycles. The summed E-state index contributed by atoms with van der Waals surface area (Å²) in [5, 5.41) is 0. The summed E-state index contributed by atoms with van der Waals surface area (Å²) in [6.07, 6.45) is 4.73. The highest BCUT2D eigenvalue weighted by atomic mass is 19.1. The van der Waals surface area contributed by atoms with Gasteiger partial charge in [0.25, 0.3) is 0 Å². The number of aryl methyl sites for hydroxylation is 1. The van der Waals surface area contributed by atoms with Gasteiger partial charge in [-0.25, -0.2) is 18.7 Å². The van der Waals surface area contributed by atoms with Gasteiger partial charge in [0, 0.05) is 35.4 Å². The van der Waals surface area contributed by atoms with Crippen molar-refractivity contribution in [2.45, 2.75) is 6.92 Å². The molecule has 0 spiro atoms. The Morgan fingerprint density at radius 1 is 0.909 bits per heavy atom.